The highest BCUT2D eigenvalue weighted by Gasteiger charge is 2.43. The van der Waals surface area contributed by atoms with E-state index in [-0.39, 0.29) is 17.3 Å². The Balaban J connectivity index is 1.46. The molecule has 5 nitrogen and oxygen atoms in total. The third-order valence-corrected chi connectivity index (χ3v) is 7.53. The maximum atomic E-state index is 14.2. The Labute approximate surface area is 217 Å². The van der Waals surface area contributed by atoms with Crippen LogP contribution in [0.4, 0.5) is 0 Å². The molecule has 0 saturated carbocycles. The number of allylic oxidation sites excluding steroid dienone is 3. The summed E-state index contributed by atoms with van der Waals surface area (Å²) >= 11 is 0. The molecule has 0 N–H and O–H groups in total. The van der Waals surface area contributed by atoms with Crippen molar-refractivity contribution in [2.45, 2.75) is 6.42 Å². The lowest BCUT2D eigenvalue weighted by atomic mass is 9.95. The van der Waals surface area contributed by atoms with Crippen molar-refractivity contribution in [3.63, 3.8) is 0 Å². The van der Waals surface area contributed by atoms with E-state index in [0.29, 0.717) is 38.3 Å². The molecule has 6 rings (SSSR count). The van der Waals surface area contributed by atoms with Crippen LogP contribution in [-0.2, 0) is 14.3 Å². The number of carbonyl (C=O) groups excluding carboxylic acids is 2. The summed E-state index contributed by atoms with van der Waals surface area (Å²) in [5.74, 6) is 2.22. The summed E-state index contributed by atoms with van der Waals surface area (Å²) in [5.41, 5.74) is 5.30. The lowest BCUT2D eigenvalue weighted by Gasteiger charge is -2.30. The normalized spacial score (nSPS) is 16.9. The van der Waals surface area contributed by atoms with Crippen molar-refractivity contribution < 1.29 is 14.3 Å². The monoisotopic (exact) mass is 488 g/mol. The molecular weight excluding hydrogens is 460 g/mol. The molecule has 1 amide bonds. The zero-order chi connectivity index (χ0) is 25.4. The summed E-state index contributed by atoms with van der Waals surface area (Å²) in [6.45, 7) is 4.72. The first-order valence-electron chi connectivity index (χ1n) is 12.8. The van der Waals surface area contributed by atoms with Gasteiger partial charge < -0.3 is 9.64 Å². The maximum Gasteiger partial charge on any atom is 0.258 e. The van der Waals surface area contributed by atoms with Crippen LogP contribution in [0.3, 0.4) is 0 Å². The second-order valence-electron chi connectivity index (χ2n) is 9.60. The van der Waals surface area contributed by atoms with Crippen molar-refractivity contribution in [2.75, 3.05) is 45.9 Å². The first kappa shape index (κ1) is 23.4. The third-order valence-electron chi connectivity index (χ3n) is 7.53. The fourth-order valence-electron chi connectivity index (χ4n) is 5.74. The minimum atomic E-state index is -0.239. The molecule has 3 aromatic rings. The number of fused-ring (bicyclic) bond motifs is 3. The van der Waals surface area contributed by atoms with Gasteiger partial charge in [0.1, 0.15) is 0 Å². The molecule has 5 heteroatoms. The van der Waals surface area contributed by atoms with E-state index in [1.165, 1.54) is 0 Å². The van der Waals surface area contributed by atoms with Gasteiger partial charge in [0.05, 0.1) is 18.8 Å². The quantitative estimate of drug-likeness (QED) is 0.368. The fraction of sp³-hybridized carbons (Fsp3) is 0.250. The average molecular weight is 489 g/mol. The highest BCUT2D eigenvalue weighted by atomic mass is 16.5. The number of benzene rings is 3. The molecule has 0 atom stereocenters. The van der Waals surface area contributed by atoms with Crippen LogP contribution in [0, 0.1) is 12.3 Å². The van der Waals surface area contributed by atoms with E-state index in [0.717, 1.165) is 58.2 Å². The van der Waals surface area contributed by atoms with E-state index in [4.69, 9.17) is 11.2 Å². The minimum Gasteiger partial charge on any atom is -0.379 e. The fourth-order valence-corrected chi connectivity index (χ4v) is 5.74. The summed E-state index contributed by atoms with van der Waals surface area (Å²) in [6, 6.07) is 22.0. The van der Waals surface area contributed by atoms with Gasteiger partial charge in [-0.1, -0.05) is 66.7 Å². The number of amides is 1. The Bertz CT molecular complexity index is 1500. The number of nitrogens with zero attached hydrogens (tertiary/aromatic N) is 2. The second kappa shape index (κ2) is 9.82. The molecule has 3 aromatic carbocycles. The Morgan fingerprint density at radius 3 is 2.30 bits per heavy atom. The number of hydrogen-bond acceptors (Lipinski definition) is 4. The minimum absolute atomic E-state index is 0.204. The number of morpholine rings is 1. The molecule has 3 aliphatic rings. The Hall–Kier alpha value is -3.98. The van der Waals surface area contributed by atoms with Gasteiger partial charge in [0.25, 0.3) is 5.91 Å². The van der Waals surface area contributed by atoms with Gasteiger partial charge in [0.15, 0.2) is 5.78 Å². The van der Waals surface area contributed by atoms with Crippen LogP contribution in [0.15, 0.2) is 72.3 Å². The van der Waals surface area contributed by atoms with Crippen molar-refractivity contribution >= 4 is 39.2 Å². The van der Waals surface area contributed by atoms with Gasteiger partial charge in [-0.05, 0) is 27.5 Å². The van der Waals surface area contributed by atoms with Crippen molar-refractivity contribution in [3.8, 4) is 12.3 Å². The molecule has 2 aliphatic carbocycles. The smallest absolute Gasteiger partial charge is 0.258 e. The Morgan fingerprint density at radius 2 is 1.59 bits per heavy atom. The van der Waals surface area contributed by atoms with Crippen LogP contribution in [0.2, 0.25) is 0 Å². The summed E-state index contributed by atoms with van der Waals surface area (Å²) in [7, 11) is 0. The molecular formula is C32H28N2O3. The largest absolute Gasteiger partial charge is 0.379 e. The Morgan fingerprint density at radius 1 is 0.892 bits per heavy atom. The number of Topliss-reactive ketones (excluding diaryl/α,β-unsaturated/α-hetero) is 1. The van der Waals surface area contributed by atoms with Crippen LogP contribution in [0.1, 0.15) is 23.1 Å². The van der Waals surface area contributed by atoms with Crippen molar-refractivity contribution in [3.05, 3.63) is 89.0 Å². The number of rotatable bonds is 7. The highest BCUT2D eigenvalue weighted by molar-refractivity contribution is 6.56. The SMILES string of the molecule is C#CCCN(CCN1CCOCC1)C(=O)C1=C2C(=C(c3ccccc3)C1=O)c1cccc3cccc2c13. The molecule has 1 heterocycles. The third kappa shape index (κ3) is 3.99. The summed E-state index contributed by atoms with van der Waals surface area (Å²) in [5, 5.41) is 2.21. The molecule has 1 aliphatic heterocycles. The van der Waals surface area contributed by atoms with E-state index in [1.807, 2.05) is 48.5 Å². The van der Waals surface area contributed by atoms with E-state index in [9.17, 15) is 9.59 Å². The second-order valence-corrected chi connectivity index (χ2v) is 9.60. The molecule has 37 heavy (non-hydrogen) atoms. The van der Waals surface area contributed by atoms with Gasteiger partial charge >= 0.3 is 0 Å². The van der Waals surface area contributed by atoms with Crippen molar-refractivity contribution in [2.24, 2.45) is 0 Å². The van der Waals surface area contributed by atoms with Gasteiger partial charge in [-0.2, -0.15) is 0 Å². The van der Waals surface area contributed by atoms with Crippen LogP contribution in [0.25, 0.3) is 27.5 Å². The molecule has 1 fully saturated rings. The number of hydrogen-bond donors (Lipinski definition) is 0. The highest BCUT2D eigenvalue weighted by Crippen LogP contribution is 2.54. The standard InChI is InChI=1S/C32H28N2O3/c1-2-3-15-34(17-16-33-18-20-37-21-19-33)32(36)30-29-25-14-8-12-22-11-7-13-24(26(22)25)28(29)27(31(30)35)23-9-5-4-6-10-23/h1,4-14H,3,15-21H2. The van der Waals surface area contributed by atoms with Crippen molar-refractivity contribution in [1.82, 2.24) is 9.80 Å². The van der Waals surface area contributed by atoms with Gasteiger partial charge in [0.2, 0.25) is 0 Å². The van der Waals surface area contributed by atoms with Gasteiger partial charge in [0, 0.05) is 55.9 Å². The van der Waals surface area contributed by atoms with E-state index < -0.39 is 0 Å². The molecule has 0 unspecified atom stereocenters. The van der Waals surface area contributed by atoms with E-state index in [1.54, 1.807) is 4.90 Å². The van der Waals surface area contributed by atoms with Gasteiger partial charge in [-0.15, -0.1) is 12.3 Å². The summed E-state index contributed by atoms with van der Waals surface area (Å²) < 4.78 is 5.47. The zero-order valence-electron chi connectivity index (χ0n) is 20.7. The maximum absolute atomic E-state index is 14.2. The predicted octanol–water partition coefficient (Wildman–Crippen LogP) is 4.28. The molecule has 0 spiro atoms. The van der Waals surface area contributed by atoms with Crippen LogP contribution in [0.5, 0.6) is 0 Å². The molecule has 1 saturated heterocycles. The van der Waals surface area contributed by atoms with Crippen LogP contribution < -0.4 is 0 Å². The first-order valence-corrected chi connectivity index (χ1v) is 12.8. The van der Waals surface area contributed by atoms with Crippen LogP contribution in [-0.4, -0.2) is 67.4 Å². The first-order chi connectivity index (χ1) is 18.2. The number of carbonyl (C=O) groups is 2. The van der Waals surface area contributed by atoms with Gasteiger partial charge in [-0.3, -0.25) is 14.5 Å². The molecule has 0 aromatic heterocycles. The summed E-state index contributed by atoms with van der Waals surface area (Å²) in [4.78, 5) is 32.4. The molecule has 184 valence electrons. The number of ether oxygens (including phenoxy) is 1. The topological polar surface area (TPSA) is 49.9 Å². The molecule has 0 radical (unpaired) electrons. The predicted molar refractivity (Wildman–Crippen MR) is 146 cm³/mol. The lowest BCUT2D eigenvalue weighted by molar-refractivity contribution is -0.129. The average Bonchev–Trinajstić information content (AvgIpc) is 3.42. The van der Waals surface area contributed by atoms with Crippen molar-refractivity contribution in [1.29, 1.82) is 0 Å². The zero-order valence-corrected chi connectivity index (χ0v) is 20.7. The number of terminal acetylenes is 1. The van der Waals surface area contributed by atoms with Crippen LogP contribution >= 0.6 is 0 Å². The molecule has 0 bridgehead atoms. The van der Waals surface area contributed by atoms with Gasteiger partial charge in [-0.25, -0.2) is 0 Å². The van der Waals surface area contributed by atoms with E-state index in [2.05, 4.69) is 29.0 Å². The lowest BCUT2D eigenvalue weighted by Crippen LogP contribution is -2.44. The van der Waals surface area contributed by atoms with E-state index >= 15 is 0 Å². The summed E-state index contributed by atoms with van der Waals surface area (Å²) in [6.07, 6.45) is 6.02. The Kier molecular flexibility index (Phi) is 6.21. The number of ketones is 1.